The minimum atomic E-state index is -3.17. The maximum Gasteiger partial charge on any atom is 0.152 e. The molecule has 0 aromatic heterocycles. The van der Waals surface area contributed by atoms with Gasteiger partial charge in [-0.25, -0.2) is 8.42 Å². The molecule has 1 fully saturated rings. The SMILES string of the molecule is CC(C)C(C)(O)C1(C#N)CCS(=O)(=O)C1. The predicted molar refractivity (Wildman–Crippen MR) is 56.8 cm³/mol. The van der Waals surface area contributed by atoms with Gasteiger partial charge in [-0.1, -0.05) is 13.8 Å². The normalized spacial score (nSPS) is 33.6. The fourth-order valence-electron chi connectivity index (χ4n) is 2.00. The van der Waals surface area contributed by atoms with Crippen LogP contribution >= 0.6 is 0 Å². The summed E-state index contributed by atoms with van der Waals surface area (Å²) in [4.78, 5) is 0. The van der Waals surface area contributed by atoms with Crippen LogP contribution in [0.15, 0.2) is 0 Å². The number of nitrogens with zero attached hydrogens (tertiary/aromatic N) is 1. The molecule has 0 bridgehead atoms. The molecule has 1 aliphatic rings. The van der Waals surface area contributed by atoms with Gasteiger partial charge in [0.05, 0.1) is 23.2 Å². The number of hydrogen-bond acceptors (Lipinski definition) is 4. The Hall–Kier alpha value is -0.600. The van der Waals surface area contributed by atoms with Crippen molar-refractivity contribution in [2.45, 2.75) is 32.8 Å². The van der Waals surface area contributed by atoms with Crippen LogP contribution in [0.5, 0.6) is 0 Å². The van der Waals surface area contributed by atoms with Crippen molar-refractivity contribution in [2.75, 3.05) is 11.5 Å². The average molecular weight is 231 g/mol. The highest BCUT2D eigenvalue weighted by Gasteiger charge is 2.55. The molecule has 15 heavy (non-hydrogen) atoms. The zero-order valence-corrected chi connectivity index (χ0v) is 10.1. The molecule has 1 rings (SSSR count). The van der Waals surface area contributed by atoms with Crippen LogP contribution in [0.2, 0.25) is 0 Å². The Morgan fingerprint density at radius 1 is 1.53 bits per heavy atom. The molecule has 0 aliphatic carbocycles. The number of aliphatic hydroxyl groups is 1. The third kappa shape index (κ3) is 1.88. The molecule has 2 atom stereocenters. The maximum atomic E-state index is 11.4. The van der Waals surface area contributed by atoms with Crippen LogP contribution in [-0.2, 0) is 9.84 Å². The molecule has 0 saturated carbocycles. The lowest BCUT2D eigenvalue weighted by molar-refractivity contribution is -0.0652. The Kier molecular flexibility index (Phi) is 2.88. The van der Waals surface area contributed by atoms with Gasteiger partial charge < -0.3 is 5.11 Å². The fraction of sp³-hybridized carbons (Fsp3) is 0.900. The van der Waals surface area contributed by atoms with E-state index in [0.29, 0.717) is 0 Å². The van der Waals surface area contributed by atoms with E-state index in [1.807, 2.05) is 6.07 Å². The van der Waals surface area contributed by atoms with E-state index < -0.39 is 20.9 Å². The zero-order chi connectivity index (χ0) is 11.9. The molecule has 86 valence electrons. The summed E-state index contributed by atoms with van der Waals surface area (Å²) in [6.07, 6.45) is 0.233. The molecule has 0 aromatic rings. The van der Waals surface area contributed by atoms with Crippen LogP contribution in [0.3, 0.4) is 0 Å². The van der Waals surface area contributed by atoms with Gasteiger partial charge in [-0.15, -0.1) is 0 Å². The van der Waals surface area contributed by atoms with Gasteiger partial charge in [-0.3, -0.25) is 0 Å². The van der Waals surface area contributed by atoms with Gasteiger partial charge in [0.25, 0.3) is 0 Å². The van der Waals surface area contributed by atoms with Crippen LogP contribution < -0.4 is 0 Å². The Bertz CT molecular complexity index is 391. The second kappa shape index (κ2) is 3.46. The maximum absolute atomic E-state index is 11.4. The van der Waals surface area contributed by atoms with Gasteiger partial charge in [-0.05, 0) is 19.3 Å². The Morgan fingerprint density at radius 2 is 2.07 bits per heavy atom. The standard InChI is InChI=1S/C10H17NO3S/c1-8(2)9(3,12)10(6-11)4-5-15(13,14)7-10/h8,12H,4-5,7H2,1-3H3. The first kappa shape index (κ1) is 12.5. The molecule has 1 saturated heterocycles. The minimum Gasteiger partial charge on any atom is -0.388 e. The first-order valence-electron chi connectivity index (χ1n) is 5.01. The van der Waals surface area contributed by atoms with Crippen LogP contribution in [-0.4, -0.2) is 30.6 Å². The lowest BCUT2D eigenvalue weighted by atomic mass is 9.68. The summed E-state index contributed by atoms with van der Waals surface area (Å²) in [6.45, 7) is 5.15. The highest BCUT2D eigenvalue weighted by molar-refractivity contribution is 7.91. The van der Waals surface area contributed by atoms with E-state index in [9.17, 15) is 13.5 Å². The van der Waals surface area contributed by atoms with E-state index in [1.165, 1.54) is 0 Å². The molecule has 0 radical (unpaired) electrons. The van der Waals surface area contributed by atoms with Crippen LogP contribution in [0.4, 0.5) is 0 Å². The van der Waals surface area contributed by atoms with Gasteiger partial charge in [0, 0.05) is 0 Å². The van der Waals surface area contributed by atoms with Gasteiger partial charge in [0.2, 0.25) is 0 Å². The molecular formula is C10H17NO3S. The van der Waals surface area contributed by atoms with Crippen molar-refractivity contribution in [1.82, 2.24) is 0 Å². The van der Waals surface area contributed by atoms with Gasteiger partial charge in [0.15, 0.2) is 9.84 Å². The van der Waals surface area contributed by atoms with Crippen LogP contribution in [0.25, 0.3) is 0 Å². The summed E-state index contributed by atoms with van der Waals surface area (Å²) >= 11 is 0. The second-order valence-electron chi connectivity index (χ2n) is 4.84. The predicted octanol–water partition coefficient (Wildman–Crippen LogP) is 0.722. The average Bonchev–Trinajstić information content (AvgIpc) is 2.43. The Morgan fingerprint density at radius 3 is 2.33 bits per heavy atom. The van der Waals surface area contributed by atoms with E-state index in [1.54, 1.807) is 20.8 Å². The zero-order valence-electron chi connectivity index (χ0n) is 9.32. The largest absolute Gasteiger partial charge is 0.388 e. The molecule has 4 nitrogen and oxygen atoms in total. The molecule has 5 heteroatoms. The molecule has 0 aromatic carbocycles. The molecule has 1 N–H and O–H groups in total. The van der Waals surface area contributed by atoms with E-state index in [0.717, 1.165) is 0 Å². The van der Waals surface area contributed by atoms with Crippen molar-refractivity contribution in [2.24, 2.45) is 11.3 Å². The highest BCUT2D eigenvalue weighted by Crippen LogP contribution is 2.44. The van der Waals surface area contributed by atoms with Crippen LogP contribution in [0, 0.1) is 22.7 Å². The number of hydrogen-bond donors (Lipinski definition) is 1. The Balaban J connectivity index is 3.16. The number of sulfone groups is 1. The third-order valence-corrected chi connectivity index (χ3v) is 5.37. The molecule has 0 amide bonds. The monoisotopic (exact) mass is 231 g/mol. The topological polar surface area (TPSA) is 78.2 Å². The smallest absolute Gasteiger partial charge is 0.152 e. The lowest BCUT2D eigenvalue weighted by Gasteiger charge is -2.39. The molecular weight excluding hydrogens is 214 g/mol. The minimum absolute atomic E-state index is 0.00340. The first-order chi connectivity index (χ1) is 6.67. The summed E-state index contributed by atoms with van der Waals surface area (Å²) in [5, 5.41) is 19.4. The van der Waals surface area contributed by atoms with Gasteiger partial charge >= 0.3 is 0 Å². The van der Waals surface area contributed by atoms with E-state index in [-0.39, 0.29) is 23.8 Å². The number of rotatable bonds is 2. The van der Waals surface area contributed by atoms with Crippen molar-refractivity contribution < 1.29 is 13.5 Å². The summed E-state index contributed by atoms with van der Waals surface area (Å²) in [6, 6.07) is 2.03. The van der Waals surface area contributed by atoms with Crippen molar-refractivity contribution >= 4 is 9.84 Å². The van der Waals surface area contributed by atoms with Crippen LogP contribution in [0.1, 0.15) is 27.2 Å². The van der Waals surface area contributed by atoms with E-state index in [4.69, 9.17) is 5.26 Å². The number of nitriles is 1. The highest BCUT2D eigenvalue weighted by atomic mass is 32.2. The quantitative estimate of drug-likeness (QED) is 0.759. The fourth-order valence-corrected chi connectivity index (χ4v) is 4.06. The van der Waals surface area contributed by atoms with Crippen molar-refractivity contribution in [3.63, 3.8) is 0 Å². The van der Waals surface area contributed by atoms with Gasteiger partial charge in [-0.2, -0.15) is 5.26 Å². The first-order valence-corrected chi connectivity index (χ1v) is 6.83. The van der Waals surface area contributed by atoms with E-state index >= 15 is 0 Å². The molecule has 2 unspecified atom stereocenters. The Labute approximate surface area is 90.8 Å². The lowest BCUT2D eigenvalue weighted by Crippen LogP contribution is -2.49. The summed E-state index contributed by atoms with van der Waals surface area (Å²) < 4.78 is 22.8. The summed E-state index contributed by atoms with van der Waals surface area (Å²) in [5.41, 5.74) is -2.40. The summed E-state index contributed by atoms with van der Waals surface area (Å²) in [7, 11) is -3.17. The second-order valence-corrected chi connectivity index (χ2v) is 7.02. The molecule has 1 heterocycles. The van der Waals surface area contributed by atoms with Crippen molar-refractivity contribution in [3.8, 4) is 6.07 Å². The van der Waals surface area contributed by atoms with Crippen molar-refractivity contribution in [1.29, 1.82) is 5.26 Å². The summed E-state index contributed by atoms with van der Waals surface area (Å²) in [5.74, 6) is -0.365. The van der Waals surface area contributed by atoms with E-state index in [2.05, 4.69) is 0 Å². The third-order valence-electron chi connectivity index (χ3n) is 3.61. The van der Waals surface area contributed by atoms with Gasteiger partial charge in [0.1, 0.15) is 5.41 Å². The molecule has 0 spiro atoms. The molecule has 1 aliphatic heterocycles. The van der Waals surface area contributed by atoms with Crippen molar-refractivity contribution in [3.05, 3.63) is 0 Å².